The zero-order valence-electron chi connectivity index (χ0n) is 16.2. The number of ether oxygens (including phenoxy) is 1. The third-order valence-electron chi connectivity index (χ3n) is 4.76. The number of benzene rings is 2. The number of para-hydroxylation sites is 2. The van der Waals surface area contributed by atoms with E-state index in [0.717, 1.165) is 32.4 Å². The smallest absolute Gasteiger partial charge is 0.310 e. The van der Waals surface area contributed by atoms with E-state index in [1.807, 2.05) is 4.90 Å². The van der Waals surface area contributed by atoms with Crippen molar-refractivity contribution in [1.29, 1.82) is 0 Å². The van der Waals surface area contributed by atoms with Gasteiger partial charge in [0.2, 0.25) is 0 Å². The molecule has 1 fully saturated rings. The lowest BCUT2D eigenvalue weighted by molar-refractivity contribution is -0.386. The molecule has 29 heavy (non-hydrogen) atoms. The number of nitrogens with zero attached hydrogens (tertiary/aromatic N) is 2. The highest BCUT2D eigenvalue weighted by Crippen LogP contribution is 2.27. The molecule has 0 saturated carbocycles. The number of piperidine rings is 1. The van der Waals surface area contributed by atoms with E-state index in [2.05, 4.69) is 5.32 Å². The number of likely N-dealkylation sites (tertiary alicyclic amines) is 1. The lowest BCUT2D eigenvalue weighted by atomic mass is 10.1. The Kier molecular flexibility index (Phi) is 6.43. The van der Waals surface area contributed by atoms with Gasteiger partial charge in [-0.3, -0.25) is 19.7 Å². The highest BCUT2D eigenvalue weighted by atomic mass is 16.6. The van der Waals surface area contributed by atoms with Crippen LogP contribution in [0.25, 0.3) is 0 Å². The Labute approximate surface area is 168 Å². The molecule has 8 nitrogen and oxygen atoms in total. The summed E-state index contributed by atoms with van der Waals surface area (Å²) in [5.41, 5.74) is 0.772. The first kappa shape index (κ1) is 20.3. The number of nitro benzene ring substituents is 1. The van der Waals surface area contributed by atoms with Gasteiger partial charge in [-0.15, -0.1) is 0 Å². The first-order chi connectivity index (χ1) is 14.0. The van der Waals surface area contributed by atoms with Crippen LogP contribution in [0, 0.1) is 10.1 Å². The monoisotopic (exact) mass is 397 g/mol. The van der Waals surface area contributed by atoms with Gasteiger partial charge in [0.15, 0.2) is 11.9 Å². The number of amides is 2. The van der Waals surface area contributed by atoms with Gasteiger partial charge in [-0.2, -0.15) is 0 Å². The number of rotatable bonds is 6. The molecule has 1 heterocycles. The molecule has 1 saturated heterocycles. The molecule has 2 amide bonds. The summed E-state index contributed by atoms with van der Waals surface area (Å²) in [5.74, 6) is -0.495. The third kappa shape index (κ3) is 5.10. The molecule has 0 aromatic heterocycles. The molecule has 0 spiro atoms. The summed E-state index contributed by atoms with van der Waals surface area (Å²) in [6.07, 6.45) is 2.18. The standard InChI is InChI=1S/C21H23N3O5/c1-15(29-19-11-4-3-10-18(19)24(27)28)20(25)22-17-9-7-8-16(14-17)21(26)23-12-5-2-6-13-23/h3-4,7-11,14-15H,2,5-6,12-13H2,1H3,(H,22,25). The molecule has 0 aliphatic carbocycles. The van der Waals surface area contributed by atoms with Crippen molar-refractivity contribution in [2.24, 2.45) is 0 Å². The zero-order valence-corrected chi connectivity index (χ0v) is 16.2. The van der Waals surface area contributed by atoms with E-state index in [4.69, 9.17) is 4.74 Å². The molecule has 1 aliphatic heterocycles. The summed E-state index contributed by atoms with van der Waals surface area (Å²) >= 11 is 0. The van der Waals surface area contributed by atoms with Crippen LogP contribution in [0.5, 0.6) is 5.75 Å². The summed E-state index contributed by atoms with van der Waals surface area (Å²) < 4.78 is 5.48. The first-order valence-corrected chi connectivity index (χ1v) is 9.56. The lowest BCUT2D eigenvalue weighted by Crippen LogP contribution is -2.35. The highest BCUT2D eigenvalue weighted by molar-refractivity contribution is 5.98. The largest absolute Gasteiger partial charge is 0.474 e. The number of hydrogen-bond donors (Lipinski definition) is 1. The SMILES string of the molecule is CC(Oc1ccccc1[N+](=O)[O-])C(=O)Nc1cccc(C(=O)N2CCCCC2)c1. The van der Waals surface area contributed by atoms with Crippen LogP contribution in [-0.2, 0) is 4.79 Å². The van der Waals surface area contributed by atoms with E-state index in [1.54, 1.807) is 30.3 Å². The fourth-order valence-electron chi connectivity index (χ4n) is 3.21. The Balaban J connectivity index is 1.66. The number of nitro groups is 1. The van der Waals surface area contributed by atoms with Gasteiger partial charge in [-0.1, -0.05) is 18.2 Å². The van der Waals surface area contributed by atoms with Gasteiger partial charge in [0.05, 0.1) is 4.92 Å². The zero-order chi connectivity index (χ0) is 20.8. The van der Waals surface area contributed by atoms with Crippen LogP contribution in [0.1, 0.15) is 36.5 Å². The predicted molar refractivity (Wildman–Crippen MR) is 108 cm³/mol. The quantitative estimate of drug-likeness (QED) is 0.592. The van der Waals surface area contributed by atoms with E-state index in [1.165, 1.54) is 25.1 Å². The molecule has 0 radical (unpaired) electrons. The predicted octanol–water partition coefficient (Wildman–Crippen LogP) is 3.63. The minimum absolute atomic E-state index is 0.0224. The average molecular weight is 397 g/mol. The summed E-state index contributed by atoms with van der Waals surface area (Å²) in [6, 6.07) is 12.6. The molecule has 8 heteroatoms. The second-order valence-corrected chi connectivity index (χ2v) is 6.91. The van der Waals surface area contributed by atoms with Crippen molar-refractivity contribution in [1.82, 2.24) is 4.90 Å². The minimum Gasteiger partial charge on any atom is -0.474 e. The van der Waals surface area contributed by atoms with E-state index < -0.39 is 16.9 Å². The maximum atomic E-state index is 12.6. The number of carbonyl (C=O) groups is 2. The molecule has 1 N–H and O–H groups in total. The van der Waals surface area contributed by atoms with Crippen molar-refractivity contribution in [3.8, 4) is 5.75 Å². The van der Waals surface area contributed by atoms with Gasteiger partial charge in [0.25, 0.3) is 11.8 Å². The molecular weight excluding hydrogens is 374 g/mol. The van der Waals surface area contributed by atoms with Gasteiger partial charge >= 0.3 is 5.69 Å². The van der Waals surface area contributed by atoms with Crippen LogP contribution in [0.2, 0.25) is 0 Å². The Morgan fingerprint density at radius 3 is 2.55 bits per heavy atom. The maximum Gasteiger partial charge on any atom is 0.310 e. The molecule has 152 valence electrons. The fraction of sp³-hybridized carbons (Fsp3) is 0.333. The van der Waals surface area contributed by atoms with Crippen molar-refractivity contribution in [2.45, 2.75) is 32.3 Å². The summed E-state index contributed by atoms with van der Waals surface area (Å²) in [6.45, 7) is 3.00. The highest BCUT2D eigenvalue weighted by Gasteiger charge is 2.22. The van der Waals surface area contributed by atoms with Crippen LogP contribution in [0.4, 0.5) is 11.4 Å². The second kappa shape index (κ2) is 9.18. The van der Waals surface area contributed by atoms with Gasteiger partial charge in [-0.05, 0) is 50.5 Å². The molecule has 3 rings (SSSR count). The van der Waals surface area contributed by atoms with Crippen molar-refractivity contribution in [3.05, 3.63) is 64.2 Å². The van der Waals surface area contributed by atoms with E-state index in [-0.39, 0.29) is 17.3 Å². The summed E-state index contributed by atoms with van der Waals surface area (Å²) in [5, 5.41) is 13.8. The number of hydrogen-bond acceptors (Lipinski definition) is 5. The van der Waals surface area contributed by atoms with Gasteiger partial charge in [0.1, 0.15) is 0 Å². The molecular formula is C21H23N3O5. The molecule has 0 bridgehead atoms. The van der Waals surface area contributed by atoms with Gasteiger partial charge < -0.3 is 15.0 Å². The summed E-state index contributed by atoms with van der Waals surface area (Å²) in [4.78, 5) is 37.5. The molecule has 2 aromatic rings. The van der Waals surface area contributed by atoms with Gasteiger partial charge in [-0.25, -0.2) is 0 Å². The Morgan fingerprint density at radius 2 is 1.83 bits per heavy atom. The van der Waals surface area contributed by atoms with Crippen molar-refractivity contribution >= 4 is 23.2 Å². The Bertz CT molecular complexity index is 909. The summed E-state index contributed by atoms with van der Waals surface area (Å²) in [7, 11) is 0. The van der Waals surface area contributed by atoms with Crippen molar-refractivity contribution in [2.75, 3.05) is 18.4 Å². The Hall–Kier alpha value is -3.42. The molecule has 1 unspecified atom stereocenters. The lowest BCUT2D eigenvalue weighted by Gasteiger charge is -2.26. The Morgan fingerprint density at radius 1 is 1.10 bits per heavy atom. The first-order valence-electron chi connectivity index (χ1n) is 9.56. The van der Waals surface area contributed by atoms with E-state index in [9.17, 15) is 19.7 Å². The van der Waals surface area contributed by atoms with Crippen molar-refractivity contribution in [3.63, 3.8) is 0 Å². The van der Waals surface area contributed by atoms with E-state index >= 15 is 0 Å². The van der Waals surface area contributed by atoms with Gasteiger partial charge in [0, 0.05) is 30.4 Å². The minimum atomic E-state index is -0.961. The molecule has 1 atom stereocenters. The van der Waals surface area contributed by atoms with Crippen LogP contribution >= 0.6 is 0 Å². The van der Waals surface area contributed by atoms with Crippen LogP contribution in [-0.4, -0.2) is 40.8 Å². The average Bonchev–Trinajstić information content (AvgIpc) is 2.74. The van der Waals surface area contributed by atoms with Crippen LogP contribution in [0.15, 0.2) is 48.5 Å². The maximum absolute atomic E-state index is 12.6. The van der Waals surface area contributed by atoms with Crippen LogP contribution < -0.4 is 10.1 Å². The van der Waals surface area contributed by atoms with Crippen LogP contribution in [0.3, 0.4) is 0 Å². The van der Waals surface area contributed by atoms with E-state index in [0.29, 0.717) is 11.3 Å². The second-order valence-electron chi connectivity index (χ2n) is 6.91. The molecule has 2 aromatic carbocycles. The van der Waals surface area contributed by atoms with Crippen molar-refractivity contribution < 1.29 is 19.2 Å². The molecule has 1 aliphatic rings. The third-order valence-corrected chi connectivity index (χ3v) is 4.76. The fourth-order valence-corrected chi connectivity index (χ4v) is 3.21. The number of anilines is 1. The number of carbonyl (C=O) groups excluding carboxylic acids is 2. The normalized spacial score (nSPS) is 14.7. The number of nitrogens with one attached hydrogen (secondary N) is 1. The topological polar surface area (TPSA) is 102 Å².